The molecule has 0 spiro atoms. The Bertz CT molecular complexity index is 1020. The van der Waals surface area contributed by atoms with Crippen molar-refractivity contribution in [2.75, 3.05) is 45.3 Å². The molecule has 0 bridgehead atoms. The molecule has 2 amide bonds. The molecule has 1 heterocycles. The van der Waals surface area contributed by atoms with Crippen LogP contribution >= 0.6 is 0 Å². The first-order valence-electron chi connectivity index (χ1n) is 9.35. The number of hydrogen-bond donors (Lipinski definition) is 2. The van der Waals surface area contributed by atoms with Crippen molar-refractivity contribution in [3.8, 4) is 0 Å². The standard InChI is InChI=1S/C20H24N4O5S/c1-23(2)17-8-6-15(7-9-17)19(25)21-22-20(26)16-4-3-5-18(14-16)30(27,28)24-10-12-29-13-11-24/h3-9,14H,10-13H2,1-2H3,(H,21,25)(H,22,26). The summed E-state index contributed by atoms with van der Waals surface area (Å²) in [7, 11) is 0.0616. The monoisotopic (exact) mass is 432 g/mol. The van der Waals surface area contributed by atoms with Crippen molar-refractivity contribution in [2.24, 2.45) is 0 Å². The lowest BCUT2D eigenvalue weighted by Crippen LogP contribution is -2.42. The van der Waals surface area contributed by atoms with E-state index < -0.39 is 21.8 Å². The summed E-state index contributed by atoms with van der Waals surface area (Å²) in [6, 6.07) is 12.6. The Kier molecular flexibility index (Phi) is 6.70. The summed E-state index contributed by atoms with van der Waals surface area (Å²) in [5, 5.41) is 0. The highest BCUT2D eigenvalue weighted by molar-refractivity contribution is 7.89. The predicted octanol–water partition coefficient (Wildman–Crippen LogP) is 0.848. The lowest BCUT2D eigenvalue weighted by Gasteiger charge is -2.26. The molecule has 1 saturated heterocycles. The molecule has 2 aromatic rings. The molecule has 0 aromatic heterocycles. The van der Waals surface area contributed by atoms with E-state index in [1.165, 1.54) is 28.6 Å². The number of nitrogens with one attached hydrogen (secondary N) is 2. The number of hydrogen-bond acceptors (Lipinski definition) is 6. The van der Waals surface area contributed by atoms with Gasteiger partial charge in [0.1, 0.15) is 0 Å². The van der Waals surface area contributed by atoms with E-state index in [9.17, 15) is 18.0 Å². The Morgan fingerprint density at radius 1 is 0.933 bits per heavy atom. The molecule has 30 heavy (non-hydrogen) atoms. The predicted molar refractivity (Wildman–Crippen MR) is 112 cm³/mol. The van der Waals surface area contributed by atoms with E-state index in [-0.39, 0.29) is 23.5 Å². The minimum atomic E-state index is -3.72. The van der Waals surface area contributed by atoms with Crippen LogP contribution in [0.4, 0.5) is 5.69 Å². The summed E-state index contributed by atoms with van der Waals surface area (Å²) in [6.45, 7) is 1.20. The molecule has 3 rings (SSSR count). The second kappa shape index (κ2) is 9.24. The summed E-state index contributed by atoms with van der Waals surface area (Å²) >= 11 is 0. The first kappa shape index (κ1) is 21.8. The van der Waals surface area contributed by atoms with Gasteiger partial charge in [-0.1, -0.05) is 6.07 Å². The van der Waals surface area contributed by atoms with Gasteiger partial charge < -0.3 is 9.64 Å². The number of hydrazine groups is 1. The zero-order chi connectivity index (χ0) is 21.7. The van der Waals surface area contributed by atoms with Gasteiger partial charge in [-0.3, -0.25) is 20.4 Å². The Labute approximate surface area is 175 Å². The van der Waals surface area contributed by atoms with E-state index in [1.54, 1.807) is 24.3 Å². The van der Waals surface area contributed by atoms with Crippen LogP contribution in [-0.4, -0.2) is 64.9 Å². The van der Waals surface area contributed by atoms with Crippen molar-refractivity contribution in [3.63, 3.8) is 0 Å². The second-order valence-corrected chi connectivity index (χ2v) is 8.83. The highest BCUT2D eigenvalue weighted by Gasteiger charge is 2.26. The first-order chi connectivity index (χ1) is 14.3. The third-order valence-electron chi connectivity index (χ3n) is 4.64. The maximum Gasteiger partial charge on any atom is 0.269 e. The number of amides is 2. The second-order valence-electron chi connectivity index (χ2n) is 6.89. The Balaban J connectivity index is 1.65. The summed E-state index contributed by atoms with van der Waals surface area (Å²) in [6.07, 6.45) is 0. The fraction of sp³-hybridized carbons (Fsp3) is 0.300. The van der Waals surface area contributed by atoms with Crippen molar-refractivity contribution >= 4 is 27.5 Å². The summed E-state index contributed by atoms with van der Waals surface area (Å²) < 4.78 is 32.0. The average molecular weight is 433 g/mol. The topological polar surface area (TPSA) is 108 Å². The van der Waals surface area contributed by atoms with Crippen molar-refractivity contribution in [2.45, 2.75) is 4.90 Å². The number of rotatable bonds is 5. The number of benzene rings is 2. The van der Waals surface area contributed by atoms with Crippen LogP contribution < -0.4 is 15.8 Å². The van der Waals surface area contributed by atoms with E-state index >= 15 is 0 Å². The van der Waals surface area contributed by atoms with Gasteiger partial charge in [0.15, 0.2) is 0 Å². The summed E-state index contributed by atoms with van der Waals surface area (Å²) in [5.74, 6) is -1.10. The van der Waals surface area contributed by atoms with Gasteiger partial charge in [-0.2, -0.15) is 4.31 Å². The molecule has 160 valence electrons. The quantitative estimate of drug-likeness (QED) is 0.678. The van der Waals surface area contributed by atoms with E-state index in [0.29, 0.717) is 18.8 Å². The van der Waals surface area contributed by atoms with Gasteiger partial charge in [0.25, 0.3) is 11.8 Å². The maximum atomic E-state index is 12.8. The maximum absolute atomic E-state index is 12.8. The van der Waals surface area contributed by atoms with Crippen LogP contribution in [0.3, 0.4) is 0 Å². The van der Waals surface area contributed by atoms with Gasteiger partial charge in [0.05, 0.1) is 18.1 Å². The van der Waals surface area contributed by atoms with E-state index in [4.69, 9.17) is 4.74 Å². The number of ether oxygens (including phenoxy) is 1. The van der Waals surface area contributed by atoms with Gasteiger partial charge in [-0.15, -0.1) is 0 Å². The largest absolute Gasteiger partial charge is 0.379 e. The zero-order valence-electron chi connectivity index (χ0n) is 16.8. The van der Waals surface area contributed by atoms with E-state index in [0.717, 1.165) is 5.69 Å². The van der Waals surface area contributed by atoms with Crippen LogP contribution in [0, 0.1) is 0 Å². The molecule has 10 heteroatoms. The van der Waals surface area contributed by atoms with Crippen LogP contribution in [0.2, 0.25) is 0 Å². The molecule has 0 radical (unpaired) electrons. The lowest BCUT2D eigenvalue weighted by molar-refractivity contribution is 0.0730. The highest BCUT2D eigenvalue weighted by atomic mass is 32.2. The third kappa shape index (κ3) is 4.96. The smallest absolute Gasteiger partial charge is 0.269 e. The van der Waals surface area contributed by atoms with Crippen molar-refractivity contribution in [1.29, 1.82) is 0 Å². The molecular weight excluding hydrogens is 408 g/mol. The summed E-state index contributed by atoms with van der Waals surface area (Å²) in [5.41, 5.74) is 6.09. The Morgan fingerprint density at radius 3 is 2.13 bits per heavy atom. The minimum absolute atomic E-state index is 0.0163. The van der Waals surface area contributed by atoms with E-state index in [2.05, 4.69) is 10.9 Å². The number of morpholine rings is 1. The number of carbonyl (C=O) groups excluding carboxylic acids is 2. The highest BCUT2D eigenvalue weighted by Crippen LogP contribution is 2.18. The lowest BCUT2D eigenvalue weighted by atomic mass is 10.2. The molecule has 0 saturated carbocycles. The number of anilines is 1. The molecule has 0 unspecified atom stereocenters. The fourth-order valence-corrected chi connectivity index (χ4v) is 4.36. The van der Waals surface area contributed by atoms with Crippen LogP contribution in [0.25, 0.3) is 0 Å². The van der Waals surface area contributed by atoms with Gasteiger partial charge in [0.2, 0.25) is 10.0 Å². The SMILES string of the molecule is CN(C)c1ccc(C(=O)NNC(=O)c2cccc(S(=O)(=O)N3CCOCC3)c2)cc1. The molecule has 1 fully saturated rings. The molecule has 2 aromatic carbocycles. The number of carbonyl (C=O) groups is 2. The average Bonchev–Trinajstić information content (AvgIpc) is 2.78. The van der Waals surface area contributed by atoms with Crippen LogP contribution in [0.1, 0.15) is 20.7 Å². The zero-order valence-corrected chi connectivity index (χ0v) is 17.6. The van der Waals surface area contributed by atoms with Crippen molar-refractivity contribution in [3.05, 3.63) is 59.7 Å². The molecule has 1 aliphatic rings. The van der Waals surface area contributed by atoms with Crippen LogP contribution in [0.15, 0.2) is 53.4 Å². The fourth-order valence-electron chi connectivity index (χ4n) is 2.90. The molecule has 0 atom stereocenters. The summed E-state index contributed by atoms with van der Waals surface area (Å²) in [4.78, 5) is 26.6. The van der Waals surface area contributed by atoms with Gasteiger partial charge in [0, 0.05) is 44.0 Å². The van der Waals surface area contributed by atoms with Gasteiger partial charge in [-0.25, -0.2) is 8.42 Å². The third-order valence-corrected chi connectivity index (χ3v) is 6.53. The number of sulfonamides is 1. The van der Waals surface area contributed by atoms with Gasteiger partial charge in [-0.05, 0) is 42.5 Å². The van der Waals surface area contributed by atoms with Crippen molar-refractivity contribution < 1.29 is 22.7 Å². The van der Waals surface area contributed by atoms with Crippen LogP contribution in [0.5, 0.6) is 0 Å². The van der Waals surface area contributed by atoms with Gasteiger partial charge >= 0.3 is 0 Å². The first-order valence-corrected chi connectivity index (χ1v) is 10.8. The molecule has 9 nitrogen and oxygen atoms in total. The molecule has 2 N–H and O–H groups in total. The van der Waals surface area contributed by atoms with Crippen LogP contribution in [-0.2, 0) is 14.8 Å². The Morgan fingerprint density at radius 2 is 1.53 bits per heavy atom. The molecular formula is C20H24N4O5S. The van der Waals surface area contributed by atoms with Crippen molar-refractivity contribution in [1.82, 2.24) is 15.2 Å². The number of nitrogens with zero attached hydrogens (tertiary/aromatic N) is 2. The normalized spacial score (nSPS) is 14.7. The van der Waals surface area contributed by atoms with E-state index in [1.807, 2.05) is 19.0 Å². The molecule has 0 aliphatic carbocycles. The Hall–Kier alpha value is -2.95. The molecule has 1 aliphatic heterocycles. The minimum Gasteiger partial charge on any atom is -0.379 e.